The molecular formula is C15H19ClN2O3. The van der Waals surface area contributed by atoms with Crippen molar-refractivity contribution in [3.8, 4) is 5.75 Å². The maximum Gasteiger partial charge on any atom is 0.328 e. The first kappa shape index (κ1) is 15.6. The Morgan fingerprint density at radius 3 is 2.86 bits per heavy atom. The minimum atomic E-state index is -0.458. The normalized spacial score (nSPS) is 12.4. The van der Waals surface area contributed by atoms with Crippen molar-refractivity contribution in [3.63, 3.8) is 0 Å². The lowest BCUT2D eigenvalue weighted by Crippen LogP contribution is -2.21. The van der Waals surface area contributed by atoms with Crippen molar-refractivity contribution >= 4 is 28.6 Å². The summed E-state index contributed by atoms with van der Waals surface area (Å²) < 4.78 is 12.2. The molecule has 0 N–H and O–H groups in total. The van der Waals surface area contributed by atoms with Crippen LogP contribution in [0.1, 0.15) is 25.7 Å². The van der Waals surface area contributed by atoms with Gasteiger partial charge in [0.25, 0.3) is 0 Å². The summed E-state index contributed by atoms with van der Waals surface area (Å²) in [4.78, 5) is 16.6. The first-order valence-corrected chi connectivity index (χ1v) is 7.43. The number of rotatable bonds is 6. The van der Waals surface area contributed by atoms with E-state index >= 15 is 0 Å². The highest BCUT2D eigenvalue weighted by Crippen LogP contribution is 2.26. The Morgan fingerprint density at radius 2 is 2.24 bits per heavy atom. The van der Waals surface area contributed by atoms with Crippen molar-refractivity contribution in [2.24, 2.45) is 0 Å². The number of aromatic nitrogens is 2. The number of carbonyl (C=O) groups is 1. The second-order valence-electron chi connectivity index (χ2n) is 4.62. The summed E-state index contributed by atoms with van der Waals surface area (Å²) in [7, 11) is 1.61. The monoisotopic (exact) mass is 310 g/mol. The first-order chi connectivity index (χ1) is 10.1. The molecule has 0 fully saturated rings. The third-order valence-electron chi connectivity index (χ3n) is 3.30. The van der Waals surface area contributed by atoms with Gasteiger partial charge in [0.05, 0.1) is 24.8 Å². The summed E-state index contributed by atoms with van der Waals surface area (Å²) in [5.74, 6) is 1.65. The number of esters is 1. The highest BCUT2D eigenvalue weighted by Gasteiger charge is 2.22. The van der Waals surface area contributed by atoms with E-state index in [1.165, 1.54) is 0 Å². The largest absolute Gasteiger partial charge is 0.497 e. The maximum atomic E-state index is 12.1. The number of ether oxygens (including phenoxy) is 2. The number of halogens is 1. The van der Waals surface area contributed by atoms with Crippen LogP contribution in [0.4, 0.5) is 0 Å². The third kappa shape index (κ3) is 3.13. The quantitative estimate of drug-likeness (QED) is 0.608. The third-order valence-corrected chi connectivity index (χ3v) is 3.49. The number of methoxy groups -OCH3 is 1. The fourth-order valence-electron chi connectivity index (χ4n) is 2.31. The molecule has 21 heavy (non-hydrogen) atoms. The maximum absolute atomic E-state index is 12.1. The van der Waals surface area contributed by atoms with Crippen molar-refractivity contribution in [1.29, 1.82) is 0 Å². The molecule has 1 heterocycles. The number of alkyl halides is 1. The van der Waals surface area contributed by atoms with Crippen LogP contribution in [0.25, 0.3) is 11.0 Å². The second kappa shape index (κ2) is 6.80. The van der Waals surface area contributed by atoms with Crippen LogP contribution in [0, 0.1) is 0 Å². The number of nitrogens with zero attached hydrogens (tertiary/aromatic N) is 2. The van der Waals surface area contributed by atoms with E-state index in [2.05, 4.69) is 4.98 Å². The Bertz CT molecular complexity index is 639. The summed E-state index contributed by atoms with van der Waals surface area (Å²) in [5, 5.41) is 0. The minimum Gasteiger partial charge on any atom is -0.497 e. The van der Waals surface area contributed by atoms with Gasteiger partial charge >= 0.3 is 5.97 Å². The summed E-state index contributed by atoms with van der Waals surface area (Å²) in [6, 6.07) is 5.13. The number of fused-ring (bicyclic) bond motifs is 1. The van der Waals surface area contributed by atoms with E-state index in [9.17, 15) is 4.79 Å². The van der Waals surface area contributed by atoms with Gasteiger partial charge in [0.15, 0.2) is 0 Å². The molecule has 0 aliphatic heterocycles. The Morgan fingerprint density at radius 1 is 1.48 bits per heavy atom. The van der Waals surface area contributed by atoms with E-state index in [0.717, 1.165) is 22.6 Å². The Labute approximate surface area is 128 Å². The standard InChI is InChI=1S/C15H19ClN2O3/c1-4-21-15(19)10(2)18-13-9-11(20-3)5-6-12(13)17-14(18)7-8-16/h5-6,9-10H,4,7-8H2,1-3H3. The van der Waals surface area contributed by atoms with Gasteiger partial charge in [-0.2, -0.15) is 0 Å². The number of benzene rings is 1. The lowest BCUT2D eigenvalue weighted by molar-refractivity contribution is -0.146. The molecule has 0 radical (unpaired) electrons. The predicted molar refractivity (Wildman–Crippen MR) is 82.1 cm³/mol. The van der Waals surface area contributed by atoms with Crippen LogP contribution in [0.2, 0.25) is 0 Å². The van der Waals surface area contributed by atoms with Crippen molar-refractivity contribution < 1.29 is 14.3 Å². The van der Waals surface area contributed by atoms with Gasteiger partial charge in [-0.3, -0.25) is 0 Å². The molecule has 2 aromatic rings. The van der Waals surface area contributed by atoms with Gasteiger partial charge in [-0.05, 0) is 26.0 Å². The van der Waals surface area contributed by atoms with Crippen molar-refractivity contribution in [3.05, 3.63) is 24.0 Å². The number of hydrogen-bond donors (Lipinski definition) is 0. The van der Waals surface area contributed by atoms with Crippen LogP contribution in [0.15, 0.2) is 18.2 Å². The molecule has 114 valence electrons. The average Bonchev–Trinajstić information content (AvgIpc) is 2.84. The molecule has 6 heteroatoms. The van der Waals surface area contributed by atoms with E-state index in [-0.39, 0.29) is 5.97 Å². The Kier molecular flexibility index (Phi) is 5.07. The smallest absolute Gasteiger partial charge is 0.328 e. The first-order valence-electron chi connectivity index (χ1n) is 6.89. The predicted octanol–water partition coefficient (Wildman–Crippen LogP) is 2.95. The molecule has 1 aromatic carbocycles. The fourth-order valence-corrected chi connectivity index (χ4v) is 2.48. The molecule has 5 nitrogen and oxygen atoms in total. The summed E-state index contributed by atoms with van der Waals surface area (Å²) in [6.45, 7) is 3.94. The zero-order valence-electron chi connectivity index (χ0n) is 12.4. The van der Waals surface area contributed by atoms with E-state index in [1.807, 2.05) is 22.8 Å². The van der Waals surface area contributed by atoms with Gasteiger partial charge in [0, 0.05) is 18.4 Å². The minimum absolute atomic E-state index is 0.282. The highest BCUT2D eigenvalue weighted by molar-refractivity contribution is 6.17. The zero-order chi connectivity index (χ0) is 15.4. The zero-order valence-corrected chi connectivity index (χ0v) is 13.2. The molecule has 2 rings (SSSR count). The summed E-state index contributed by atoms with van der Waals surface area (Å²) >= 11 is 5.85. The van der Waals surface area contributed by atoms with E-state index < -0.39 is 6.04 Å². The van der Waals surface area contributed by atoms with Crippen LogP contribution in [0.3, 0.4) is 0 Å². The number of aryl methyl sites for hydroxylation is 1. The lowest BCUT2D eigenvalue weighted by atomic mass is 10.2. The van der Waals surface area contributed by atoms with Gasteiger partial charge in [-0.1, -0.05) is 0 Å². The highest BCUT2D eigenvalue weighted by atomic mass is 35.5. The van der Waals surface area contributed by atoms with E-state index in [1.54, 1.807) is 21.0 Å². The summed E-state index contributed by atoms with van der Waals surface area (Å²) in [6.07, 6.45) is 0.586. The van der Waals surface area contributed by atoms with Crippen LogP contribution in [0.5, 0.6) is 5.75 Å². The topological polar surface area (TPSA) is 53.4 Å². The van der Waals surface area contributed by atoms with Gasteiger partial charge in [-0.25, -0.2) is 9.78 Å². The molecule has 0 amide bonds. The van der Waals surface area contributed by atoms with Crippen molar-refractivity contribution in [2.45, 2.75) is 26.3 Å². The molecule has 1 unspecified atom stereocenters. The molecule has 0 spiro atoms. The summed E-state index contributed by atoms with van der Waals surface area (Å²) in [5.41, 5.74) is 1.65. The molecule has 0 aliphatic carbocycles. The van der Waals surface area contributed by atoms with Crippen molar-refractivity contribution in [2.75, 3.05) is 19.6 Å². The van der Waals surface area contributed by atoms with Crippen molar-refractivity contribution in [1.82, 2.24) is 9.55 Å². The van der Waals surface area contributed by atoms with Gasteiger partial charge in [0.1, 0.15) is 17.6 Å². The lowest BCUT2D eigenvalue weighted by Gasteiger charge is -2.16. The van der Waals surface area contributed by atoms with Crippen LogP contribution in [-0.2, 0) is 16.0 Å². The number of hydrogen-bond acceptors (Lipinski definition) is 4. The number of imidazole rings is 1. The van der Waals surface area contributed by atoms with Crippen LogP contribution >= 0.6 is 11.6 Å². The van der Waals surface area contributed by atoms with Gasteiger partial charge in [0.2, 0.25) is 0 Å². The van der Waals surface area contributed by atoms with Crippen LogP contribution < -0.4 is 4.74 Å². The van der Waals surface area contributed by atoms with Gasteiger partial charge < -0.3 is 14.0 Å². The molecule has 0 bridgehead atoms. The van der Waals surface area contributed by atoms with E-state index in [4.69, 9.17) is 21.1 Å². The van der Waals surface area contributed by atoms with Crippen LogP contribution in [-0.4, -0.2) is 35.1 Å². The molecule has 1 aromatic heterocycles. The SMILES string of the molecule is CCOC(=O)C(C)n1c(CCCl)nc2ccc(OC)cc21. The second-order valence-corrected chi connectivity index (χ2v) is 5.00. The fraction of sp³-hybridized carbons (Fsp3) is 0.467. The Balaban J connectivity index is 2.55. The van der Waals surface area contributed by atoms with Gasteiger partial charge in [-0.15, -0.1) is 11.6 Å². The molecule has 0 aliphatic rings. The molecule has 0 saturated carbocycles. The van der Waals surface area contributed by atoms with E-state index in [0.29, 0.717) is 18.9 Å². The molecule has 0 saturated heterocycles. The molecule has 1 atom stereocenters. The Hall–Kier alpha value is -1.75. The molecular weight excluding hydrogens is 292 g/mol. The number of carbonyl (C=O) groups excluding carboxylic acids is 1. The average molecular weight is 311 g/mol.